The average Bonchev–Trinajstić information content (AvgIpc) is 1.78. The maximum atomic E-state index is 12.1. The second-order valence-corrected chi connectivity index (χ2v) is 28.9. The van der Waals surface area contributed by atoms with Crippen LogP contribution in [0.1, 0.15) is 16.7 Å². The number of piperazine rings is 1. The van der Waals surface area contributed by atoms with Gasteiger partial charge < -0.3 is 108 Å². The Hall–Kier alpha value is -10.4. The van der Waals surface area contributed by atoms with E-state index >= 15 is 0 Å². The molecule has 626 valence electrons. The first-order chi connectivity index (χ1) is 58.1. The van der Waals surface area contributed by atoms with Gasteiger partial charge in [0.2, 0.25) is 35.7 Å². The first kappa shape index (κ1) is 85.0. The number of anilines is 11. The van der Waals surface area contributed by atoms with Gasteiger partial charge >= 0.3 is 29.6 Å². The standard InChI is InChI=1S/C23H32N6O3.C20H23N7O3.C20H27N5O3.C18H23N7O3.Na/c30-20-4-2-1-3-19(20)18-26-5-7-27(8-6-26)21-17-22(28-9-13-31-14-10-28)25-23(24-21)29-11-15-32-16-12-29;28-16-4-2-1-3-15(16)19-21-14-27(24-19)18-13-17(25-5-9-29-10-6-25)22-20(23-18)26-7-11-30-12-8-26;26-17-4-2-1-3-16(17)5-6-21-18-15-19(24-7-11-27-12-8-24)23-20(22-18)25-9-13-28-14-10-25;26-15-4-2-1-3-14(15)13-19-23-16-20-17(24-5-9-27-10-6-24)22-18(21-16)25-7-11-28-12-8-25;/h1-4,17,30H,5-16,18H2;1-4,13-14,28H,5-12H2;1-4,15,26H,5-14H2,(H,21,22,23);1-4,13,26H,5-12H2,(H,20,21,22,23);/q;;;;+1/p-1/b;;;19-13+;. The Bertz CT molecular complexity index is 4520. The number of hydrogen-bond donors (Lipinski definition) is 5. The summed E-state index contributed by atoms with van der Waals surface area (Å²) in [6.45, 7) is 28.6. The smallest absolute Gasteiger partial charge is 0.872 e. The zero-order chi connectivity index (χ0) is 80.5. The van der Waals surface area contributed by atoms with Crippen LogP contribution in [0.4, 0.5) is 64.8 Å². The molecule has 9 fully saturated rings. The summed E-state index contributed by atoms with van der Waals surface area (Å²) in [5, 5.41) is 54.1. The van der Waals surface area contributed by atoms with Gasteiger partial charge in [0.1, 0.15) is 52.7 Å². The van der Waals surface area contributed by atoms with Crippen molar-refractivity contribution in [2.24, 2.45) is 5.10 Å². The van der Waals surface area contributed by atoms with Crippen molar-refractivity contribution in [3.8, 4) is 40.2 Å². The third-order valence-electron chi connectivity index (χ3n) is 21.1. The summed E-state index contributed by atoms with van der Waals surface area (Å²) in [4.78, 5) is 69.1. The van der Waals surface area contributed by atoms with E-state index < -0.39 is 0 Å². The molecule has 4 aromatic carbocycles. The SMILES string of the molecule is Oc1ccccc1/C=N/Nc1nc(N2CCOCC2)nc(N2CCOCC2)n1.Oc1ccccc1CCNc1cc(N2CCOCC2)nc(N2CCOCC2)n1.Oc1ccccc1CN1CCN(c2cc(N3CCOCC3)nc(N3CCOCC3)n2)CC1.[Na+].[O-]c1ccccc1-c1ncn(-c2cc(N3CCOCC3)nc(N3CCOCC3)n2)n1. The molecule has 0 atom stereocenters. The minimum Gasteiger partial charge on any atom is -0.872 e. The molecule has 0 amide bonds. The predicted molar refractivity (Wildman–Crippen MR) is 445 cm³/mol. The molecule has 119 heavy (non-hydrogen) atoms. The van der Waals surface area contributed by atoms with Gasteiger partial charge in [-0.3, -0.25) is 4.90 Å². The van der Waals surface area contributed by atoms with Gasteiger partial charge in [-0.2, -0.15) is 50.0 Å². The molecule has 9 aliphatic heterocycles. The number of para-hydroxylation sites is 4. The number of hydrazone groups is 1. The molecular formula is C81H104N25NaO12. The van der Waals surface area contributed by atoms with Crippen LogP contribution in [0.15, 0.2) is 127 Å². The quantitative estimate of drug-likeness (QED) is 0.0401. The number of rotatable bonds is 20. The third kappa shape index (κ3) is 23.8. The fourth-order valence-electron chi connectivity index (χ4n) is 14.4. The summed E-state index contributed by atoms with van der Waals surface area (Å²) in [6, 6.07) is 34.8. The van der Waals surface area contributed by atoms with Crippen molar-refractivity contribution >= 4 is 71.0 Å². The van der Waals surface area contributed by atoms with Crippen LogP contribution < -0.4 is 89.5 Å². The maximum Gasteiger partial charge on any atom is 1.00 e. The topological polar surface area (TPSA) is 373 Å². The molecule has 0 saturated carbocycles. The summed E-state index contributed by atoms with van der Waals surface area (Å²) in [5.74, 6) is 9.96. The maximum absolute atomic E-state index is 12.1. The predicted octanol–water partition coefficient (Wildman–Crippen LogP) is 0.859. The minimum absolute atomic E-state index is 0. The van der Waals surface area contributed by atoms with E-state index in [0.29, 0.717) is 157 Å². The molecule has 37 nitrogen and oxygen atoms in total. The van der Waals surface area contributed by atoms with Gasteiger partial charge in [-0.25, -0.2) is 15.1 Å². The summed E-state index contributed by atoms with van der Waals surface area (Å²) < 4.78 is 45.4. The Kier molecular flexibility index (Phi) is 31.1. The number of ether oxygens (including phenoxy) is 8. The van der Waals surface area contributed by atoms with E-state index in [1.807, 2.05) is 54.6 Å². The Morgan fingerprint density at radius 2 is 0.748 bits per heavy atom. The fourth-order valence-corrected chi connectivity index (χ4v) is 14.4. The van der Waals surface area contributed by atoms with Gasteiger partial charge in [0, 0.05) is 179 Å². The van der Waals surface area contributed by atoms with Crippen molar-refractivity contribution in [1.82, 2.24) is 64.5 Å². The molecule has 9 aliphatic rings. The number of benzene rings is 4. The van der Waals surface area contributed by atoms with Crippen molar-refractivity contribution in [2.45, 2.75) is 13.0 Å². The van der Waals surface area contributed by atoms with Gasteiger partial charge in [-0.05, 0) is 36.2 Å². The van der Waals surface area contributed by atoms with Gasteiger partial charge in [0.25, 0.3) is 0 Å². The van der Waals surface area contributed by atoms with E-state index in [-0.39, 0.29) is 41.1 Å². The number of phenols is 3. The van der Waals surface area contributed by atoms with Gasteiger partial charge in [-0.1, -0.05) is 78.5 Å². The number of morpholine rings is 8. The number of nitrogens with one attached hydrogen (secondary N) is 2. The summed E-state index contributed by atoms with van der Waals surface area (Å²) in [5.41, 5.74) is 5.83. The van der Waals surface area contributed by atoms with Crippen molar-refractivity contribution in [2.75, 3.05) is 298 Å². The molecular weight excluding hydrogens is 1540 g/mol. The van der Waals surface area contributed by atoms with Gasteiger partial charge in [-0.15, -0.1) is 5.10 Å². The van der Waals surface area contributed by atoms with E-state index in [1.165, 1.54) is 12.3 Å². The first-order valence-corrected chi connectivity index (χ1v) is 40.7. The summed E-state index contributed by atoms with van der Waals surface area (Å²) >= 11 is 0. The van der Waals surface area contributed by atoms with Crippen molar-refractivity contribution in [1.29, 1.82) is 0 Å². The van der Waals surface area contributed by atoms with Crippen LogP contribution in [0, 0.1) is 0 Å². The van der Waals surface area contributed by atoms with E-state index in [2.05, 4.69) is 95.9 Å². The normalized spacial score (nSPS) is 18.2. The molecule has 14 heterocycles. The van der Waals surface area contributed by atoms with E-state index in [9.17, 15) is 20.4 Å². The van der Waals surface area contributed by atoms with Crippen LogP contribution in [-0.4, -0.2) is 329 Å². The van der Waals surface area contributed by atoms with Crippen LogP contribution in [-0.2, 0) is 50.9 Å². The molecule has 0 spiro atoms. The van der Waals surface area contributed by atoms with Crippen LogP contribution in [0.25, 0.3) is 17.2 Å². The Morgan fingerprint density at radius 1 is 0.378 bits per heavy atom. The van der Waals surface area contributed by atoms with Crippen LogP contribution in [0.2, 0.25) is 0 Å². The number of aromatic hydroxyl groups is 3. The second-order valence-electron chi connectivity index (χ2n) is 28.9. The van der Waals surface area contributed by atoms with E-state index in [0.717, 1.165) is 209 Å². The Labute approximate surface area is 713 Å². The molecule has 0 aliphatic carbocycles. The molecule has 0 unspecified atom stereocenters. The van der Waals surface area contributed by atoms with Crippen molar-refractivity contribution in [3.05, 3.63) is 138 Å². The zero-order valence-electron chi connectivity index (χ0n) is 67.5. The second kappa shape index (κ2) is 43.5. The molecule has 0 radical (unpaired) electrons. The molecule has 0 bridgehead atoms. The molecule has 38 heteroatoms. The monoisotopic (exact) mass is 1640 g/mol. The Morgan fingerprint density at radius 3 is 1.20 bits per heavy atom. The van der Waals surface area contributed by atoms with E-state index in [4.69, 9.17) is 67.8 Å². The summed E-state index contributed by atoms with van der Waals surface area (Å²) in [6.07, 6.45) is 3.83. The molecule has 18 rings (SSSR count). The summed E-state index contributed by atoms with van der Waals surface area (Å²) in [7, 11) is 0. The van der Waals surface area contributed by atoms with Crippen LogP contribution in [0.3, 0.4) is 0 Å². The molecule has 9 saturated heterocycles. The average molecular weight is 1640 g/mol. The first-order valence-electron chi connectivity index (χ1n) is 40.7. The van der Waals surface area contributed by atoms with E-state index in [1.54, 1.807) is 59.5 Å². The molecule has 5 N–H and O–H groups in total. The van der Waals surface area contributed by atoms with Crippen LogP contribution in [0.5, 0.6) is 23.0 Å². The van der Waals surface area contributed by atoms with Gasteiger partial charge in [0.05, 0.1) is 112 Å². The number of nitrogens with zero attached hydrogens (tertiary/aromatic N) is 23. The van der Waals surface area contributed by atoms with Crippen LogP contribution >= 0.6 is 0 Å². The molecule has 9 aromatic rings. The van der Waals surface area contributed by atoms with Crippen molar-refractivity contribution in [3.63, 3.8) is 0 Å². The molecule has 5 aromatic heterocycles. The number of aromatic nitrogens is 12. The number of phenolic OH excluding ortho intramolecular Hbond substituents is 3. The third-order valence-corrected chi connectivity index (χ3v) is 21.1. The zero-order valence-corrected chi connectivity index (χ0v) is 69.5. The fraction of sp³-hybridized carbons (Fsp3) is 0.481. The Balaban J connectivity index is 0.000000130. The number of hydrogen-bond acceptors (Lipinski definition) is 36. The largest absolute Gasteiger partial charge is 1.00 e. The van der Waals surface area contributed by atoms with Crippen molar-refractivity contribution < 1.29 is 87.9 Å². The minimum atomic E-state index is -0.110. The van der Waals surface area contributed by atoms with Gasteiger partial charge in [0.15, 0.2) is 11.6 Å².